The SMILES string of the molecule is CCNC(=NCc1cccc(COC(C)(C)C)c1)NCc1cccs1. The van der Waals surface area contributed by atoms with E-state index in [4.69, 9.17) is 9.73 Å². The Kier molecular flexibility index (Phi) is 7.47. The van der Waals surface area contributed by atoms with Gasteiger partial charge < -0.3 is 15.4 Å². The molecule has 0 saturated heterocycles. The second-order valence-electron chi connectivity index (χ2n) is 6.85. The molecule has 2 rings (SSSR count). The van der Waals surface area contributed by atoms with Gasteiger partial charge in [-0.1, -0.05) is 30.3 Å². The van der Waals surface area contributed by atoms with Crippen molar-refractivity contribution in [3.05, 3.63) is 57.8 Å². The van der Waals surface area contributed by atoms with Gasteiger partial charge in [-0.05, 0) is 50.3 Å². The van der Waals surface area contributed by atoms with E-state index in [1.165, 1.54) is 16.0 Å². The first-order chi connectivity index (χ1) is 12.0. The van der Waals surface area contributed by atoms with Crippen molar-refractivity contribution in [3.8, 4) is 0 Å². The topological polar surface area (TPSA) is 45.7 Å². The van der Waals surface area contributed by atoms with Gasteiger partial charge in [0, 0.05) is 11.4 Å². The molecule has 2 aromatic rings. The lowest BCUT2D eigenvalue weighted by atomic mass is 10.1. The summed E-state index contributed by atoms with van der Waals surface area (Å²) in [6.07, 6.45) is 0. The van der Waals surface area contributed by atoms with E-state index in [0.29, 0.717) is 13.2 Å². The van der Waals surface area contributed by atoms with E-state index in [0.717, 1.165) is 19.0 Å². The average Bonchev–Trinajstić information content (AvgIpc) is 3.09. The molecule has 4 nitrogen and oxygen atoms in total. The Morgan fingerprint density at radius 3 is 2.60 bits per heavy atom. The molecule has 0 fully saturated rings. The van der Waals surface area contributed by atoms with Gasteiger partial charge in [0.2, 0.25) is 0 Å². The van der Waals surface area contributed by atoms with Gasteiger partial charge >= 0.3 is 0 Å². The predicted molar refractivity (Wildman–Crippen MR) is 107 cm³/mol. The first kappa shape index (κ1) is 19.5. The predicted octanol–water partition coefficient (Wildman–Crippen LogP) is 4.32. The van der Waals surface area contributed by atoms with E-state index in [2.05, 4.69) is 80.1 Å². The highest BCUT2D eigenvalue weighted by Gasteiger charge is 2.10. The third kappa shape index (κ3) is 7.71. The molecule has 25 heavy (non-hydrogen) atoms. The molecule has 0 aliphatic rings. The summed E-state index contributed by atoms with van der Waals surface area (Å²) in [5, 5.41) is 8.76. The molecule has 1 heterocycles. The fourth-order valence-electron chi connectivity index (χ4n) is 2.21. The molecule has 5 heteroatoms. The van der Waals surface area contributed by atoms with Crippen LogP contribution < -0.4 is 10.6 Å². The second kappa shape index (κ2) is 9.59. The van der Waals surface area contributed by atoms with Gasteiger partial charge in [-0.25, -0.2) is 4.99 Å². The van der Waals surface area contributed by atoms with Crippen molar-refractivity contribution in [3.63, 3.8) is 0 Å². The number of hydrogen-bond acceptors (Lipinski definition) is 3. The zero-order valence-corrected chi connectivity index (χ0v) is 16.5. The maximum atomic E-state index is 5.86. The number of nitrogens with zero attached hydrogens (tertiary/aromatic N) is 1. The van der Waals surface area contributed by atoms with Crippen LogP contribution in [0.4, 0.5) is 0 Å². The Morgan fingerprint density at radius 2 is 1.92 bits per heavy atom. The summed E-state index contributed by atoms with van der Waals surface area (Å²) < 4.78 is 5.86. The van der Waals surface area contributed by atoms with E-state index >= 15 is 0 Å². The second-order valence-corrected chi connectivity index (χ2v) is 7.88. The van der Waals surface area contributed by atoms with E-state index < -0.39 is 0 Å². The first-order valence-corrected chi connectivity index (χ1v) is 9.60. The van der Waals surface area contributed by atoms with Crippen LogP contribution in [0.1, 0.15) is 43.7 Å². The molecule has 136 valence electrons. The number of nitrogens with one attached hydrogen (secondary N) is 2. The van der Waals surface area contributed by atoms with Gasteiger partial charge in [-0.2, -0.15) is 0 Å². The lowest BCUT2D eigenvalue weighted by Gasteiger charge is -2.19. The van der Waals surface area contributed by atoms with Crippen LogP contribution in [0.15, 0.2) is 46.8 Å². The summed E-state index contributed by atoms with van der Waals surface area (Å²) in [6.45, 7) is 11.2. The molecule has 0 radical (unpaired) electrons. The fraction of sp³-hybridized carbons (Fsp3) is 0.450. The van der Waals surface area contributed by atoms with Crippen molar-refractivity contribution in [2.75, 3.05) is 6.54 Å². The number of guanidine groups is 1. The molecule has 0 aliphatic heterocycles. The third-order valence-corrected chi connectivity index (χ3v) is 4.31. The number of aliphatic imine (C=N–C) groups is 1. The molecule has 0 saturated carbocycles. The van der Waals surface area contributed by atoms with Crippen LogP contribution in [-0.4, -0.2) is 18.1 Å². The van der Waals surface area contributed by atoms with Gasteiger partial charge in [-0.3, -0.25) is 0 Å². The molecular weight excluding hydrogens is 330 g/mol. The zero-order valence-electron chi connectivity index (χ0n) is 15.6. The Morgan fingerprint density at radius 1 is 1.12 bits per heavy atom. The van der Waals surface area contributed by atoms with Crippen molar-refractivity contribution >= 4 is 17.3 Å². The average molecular weight is 360 g/mol. The molecule has 0 aliphatic carbocycles. The maximum absolute atomic E-state index is 5.86. The quantitative estimate of drug-likeness (QED) is 0.572. The van der Waals surface area contributed by atoms with Crippen LogP contribution in [0.5, 0.6) is 0 Å². The summed E-state index contributed by atoms with van der Waals surface area (Å²) in [6, 6.07) is 12.6. The van der Waals surface area contributed by atoms with Gasteiger partial charge in [0.05, 0.1) is 25.3 Å². The number of hydrogen-bond donors (Lipinski definition) is 2. The molecule has 2 N–H and O–H groups in total. The standard InChI is InChI=1S/C20H29N3OS/c1-5-21-19(23-14-18-10-7-11-25-18)22-13-16-8-6-9-17(12-16)15-24-20(2,3)4/h6-12H,5,13-15H2,1-4H3,(H2,21,22,23). The van der Waals surface area contributed by atoms with E-state index in [9.17, 15) is 0 Å². The smallest absolute Gasteiger partial charge is 0.191 e. The minimum atomic E-state index is -0.127. The lowest BCUT2D eigenvalue weighted by molar-refractivity contribution is -0.0149. The Labute approximate surface area is 155 Å². The largest absolute Gasteiger partial charge is 0.371 e. The van der Waals surface area contributed by atoms with Crippen LogP contribution in [0.25, 0.3) is 0 Å². The van der Waals surface area contributed by atoms with Crippen LogP contribution in [0, 0.1) is 0 Å². The van der Waals surface area contributed by atoms with Crippen molar-refractivity contribution < 1.29 is 4.74 Å². The molecule has 0 amide bonds. The van der Waals surface area contributed by atoms with Gasteiger partial charge in [0.15, 0.2) is 5.96 Å². The summed E-state index contributed by atoms with van der Waals surface area (Å²) in [4.78, 5) is 5.99. The Balaban J connectivity index is 1.94. The van der Waals surface area contributed by atoms with Crippen molar-refractivity contribution in [1.82, 2.24) is 10.6 Å². The fourth-order valence-corrected chi connectivity index (χ4v) is 2.86. The Bertz CT molecular complexity index is 660. The molecule has 0 unspecified atom stereocenters. The lowest BCUT2D eigenvalue weighted by Crippen LogP contribution is -2.36. The van der Waals surface area contributed by atoms with E-state index in [1.807, 2.05) is 0 Å². The highest BCUT2D eigenvalue weighted by Crippen LogP contribution is 2.13. The monoisotopic (exact) mass is 359 g/mol. The van der Waals surface area contributed by atoms with Crippen molar-refractivity contribution in [1.29, 1.82) is 0 Å². The first-order valence-electron chi connectivity index (χ1n) is 8.72. The van der Waals surface area contributed by atoms with Crippen LogP contribution in [-0.2, 0) is 24.4 Å². The summed E-state index contributed by atoms with van der Waals surface area (Å²) in [7, 11) is 0. The molecule has 0 atom stereocenters. The summed E-state index contributed by atoms with van der Waals surface area (Å²) in [5.74, 6) is 0.840. The Hall–Kier alpha value is -1.85. The highest BCUT2D eigenvalue weighted by molar-refractivity contribution is 7.09. The van der Waals surface area contributed by atoms with Crippen LogP contribution >= 0.6 is 11.3 Å². The molecule has 0 bridgehead atoms. The molecule has 1 aromatic heterocycles. The normalized spacial score (nSPS) is 12.2. The van der Waals surface area contributed by atoms with Crippen molar-refractivity contribution in [2.45, 2.75) is 53.0 Å². The minimum Gasteiger partial charge on any atom is -0.371 e. The summed E-state index contributed by atoms with van der Waals surface area (Å²) >= 11 is 1.75. The maximum Gasteiger partial charge on any atom is 0.191 e. The third-order valence-electron chi connectivity index (χ3n) is 3.44. The highest BCUT2D eigenvalue weighted by atomic mass is 32.1. The zero-order chi connectivity index (χ0) is 18.1. The molecule has 1 aromatic carbocycles. The van der Waals surface area contributed by atoms with E-state index in [1.54, 1.807) is 11.3 Å². The number of benzene rings is 1. The van der Waals surface area contributed by atoms with E-state index in [-0.39, 0.29) is 5.60 Å². The minimum absolute atomic E-state index is 0.127. The molecule has 0 spiro atoms. The molecular formula is C20H29N3OS. The summed E-state index contributed by atoms with van der Waals surface area (Å²) in [5.41, 5.74) is 2.24. The van der Waals surface area contributed by atoms with Gasteiger partial charge in [-0.15, -0.1) is 11.3 Å². The van der Waals surface area contributed by atoms with Crippen molar-refractivity contribution in [2.24, 2.45) is 4.99 Å². The van der Waals surface area contributed by atoms with Gasteiger partial charge in [0.25, 0.3) is 0 Å². The number of rotatable bonds is 7. The van der Waals surface area contributed by atoms with Crippen LogP contribution in [0.2, 0.25) is 0 Å². The van der Waals surface area contributed by atoms with Gasteiger partial charge in [0.1, 0.15) is 0 Å². The number of thiophene rings is 1. The van der Waals surface area contributed by atoms with Crippen LogP contribution in [0.3, 0.4) is 0 Å². The number of ether oxygens (including phenoxy) is 1.